The molecule has 0 amide bonds. The maximum atomic E-state index is 5.50. The second-order valence-corrected chi connectivity index (χ2v) is 8.73. The summed E-state index contributed by atoms with van der Waals surface area (Å²) in [6, 6.07) is 12.4. The third-order valence-corrected chi connectivity index (χ3v) is 6.86. The van der Waals surface area contributed by atoms with Crippen molar-refractivity contribution in [1.82, 2.24) is 0 Å². The molecule has 2 rings (SSSR count). The van der Waals surface area contributed by atoms with Gasteiger partial charge in [-0.25, -0.2) is 0 Å². The van der Waals surface area contributed by atoms with E-state index in [1.54, 1.807) is 28.4 Å². The lowest BCUT2D eigenvalue weighted by Gasteiger charge is -2.27. The van der Waals surface area contributed by atoms with Gasteiger partial charge in [-0.2, -0.15) is 0 Å². The van der Waals surface area contributed by atoms with Gasteiger partial charge in [0.15, 0.2) is 23.0 Å². The first kappa shape index (κ1) is 24.9. The van der Waals surface area contributed by atoms with Crippen LogP contribution in [0, 0.1) is 11.8 Å². The van der Waals surface area contributed by atoms with Crippen LogP contribution in [-0.2, 0) is 12.8 Å². The molecule has 0 radical (unpaired) electrons. The van der Waals surface area contributed by atoms with Crippen LogP contribution in [0.25, 0.3) is 0 Å². The SMILES string of the molecule is COc1ccc(C[C@H](CBr)[C@@H](CCCBr)Cc2ccc(OC)c(OC)c2)cc1OC. The number of hydrogen-bond donors (Lipinski definition) is 0. The first-order valence-electron chi connectivity index (χ1n) is 10.1. The standard InChI is InChI=1S/C24H32Br2O4/c1-27-21-9-7-17(14-23(21)29-3)12-19(6-5-11-25)20(16-26)13-18-8-10-22(28-2)24(15-18)30-4/h7-10,14-15,19-20H,5-6,11-13,16H2,1-4H3/t19-,20+/m0/s1. The lowest BCUT2D eigenvalue weighted by molar-refractivity contribution is 0.331. The molecule has 30 heavy (non-hydrogen) atoms. The maximum absolute atomic E-state index is 5.50. The average molecular weight is 544 g/mol. The topological polar surface area (TPSA) is 36.9 Å². The maximum Gasteiger partial charge on any atom is 0.160 e. The van der Waals surface area contributed by atoms with Crippen LogP contribution in [0.1, 0.15) is 24.0 Å². The Morgan fingerprint density at radius 2 is 1.13 bits per heavy atom. The zero-order valence-electron chi connectivity index (χ0n) is 18.3. The first-order valence-corrected chi connectivity index (χ1v) is 12.4. The Hall–Kier alpha value is -1.40. The van der Waals surface area contributed by atoms with E-state index >= 15 is 0 Å². The summed E-state index contributed by atoms with van der Waals surface area (Å²) in [5.41, 5.74) is 2.53. The van der Waals surface area contributed by atoms with Gasteiger partial charge in [-0.05, 0) is 72.9 Å². The molecule has 0 bridgehead atoms. The lowest BCUT2D eigenvalue weighted by Crippen LogP contribution is -2.21. The summed E-state index contributed by atoms with van der Waals surface area (Å²) in [5.74, 6) is 4.12. The Balaban J connectivity index is 2.23. The molecule has 0 fully saturated rings. The highest BCUT2D eigenvalue weighted by Gasteiger charge is 2.22. The van der Waals surface area contributed by atoms with E-state index in [2.05, 4.69) is 56.1 Å². The van der Waals surface area contributed by atoms with Crippen LogP contribution in [0.15, 0.2) is 36.4 Å². The third-order valence-electron chi connectivity index (χ3n) is 5.47. The normalized spacial score (nSPS) is 12.9. The van der Waals surface area contributed by atoms with Crippen LogP contribution in [0.2, 0.25) is 0 Å². The molecule has 0 unspecified atom stereocenters. The van der Waals surface area contributed by atoms with E-state index in [1.807, 2.05) is 12.1 Å². The molecule has 4 nitrogen and oxygen atoms in total. The highest BCUT2D eigenvalue weighted by molar-refractivity contribution is 9.09. The fourth-order valence-corrected chi connectivity index (χ4v) is 4.89. The molecule has 2 aromatic rings. The van der Waals surface area contributed by atoms with Gasteiger partial charge in [0.1, 0.15) is 0 Å². The number of rotatable bonds is 13. The number of halogens is 2. The minimum atomic E-state index is 0.496. The fourth-order valence-electron chi connectivity index (χ4n) is 3.81. The fraction of sp³-hybridized carbons (Fsp3) is 0.500. The molecule has 0 heterocycles. The number of hydrogen-bond acceptors (Lipinski definition) is 4. The van der Waals surface area contributed by atoms with Gasteiger partial charge in [0, 0.05) is 10.7 Å². The van der Waals surface area contributed by atoms with Crippen molar-refractivity contribution in [2.24, 2.45) is 11.8 Å². The second-order valence-electron chi connectivity index (χ2n) is 7.29. The van der Waals surface area contributed by atoms with Crippen molar-refractivity contribution in [2.45, 2.75) is 25.7 Å². The molecule has 0 aliphatic heterocycles. The Morgan fingerprint density at radius 3 is 1.53 bits per heavy atom. The summed E-state index contributed by atoms with van der Waals surface area (Å²) in [6.07, 6.45) is 4.28. The van der Waals surface area contributed by atoms with Crippen molar-refractivity contribution in [3.8, 4) is 23.0 Å². The van der Waals surface area contributed by atoms with E-state index < -0.39 is 0 Å². The second kappa shape index (κ2) is 13.1. The molecule has 166 valence electrons. The summed E-state index contributed by atoms with van der Waals surface area (Å²) in [4.78, 5) is 0. The van der Waals surface area contributed by atoms with Crippen LogP contribution in [-0.4, -0.2) is 39.1 Å². The molecule has 0 aliphatic carbocycles. The van der Waals surface area contributed by atoms with Crippen LogP contribution in [0.3, 0.4) is 0 Å². The molecule has 6 heteroatoms. The number of benzene rings is 2. The highest BCUT2D eigenvalue weighted by Crippen LogP contribution is 2.34. The molecule has 0 spiro atoms. The zero-order valence-corrected chi connectivity index (χ0v) is 21.4. The van der Waals surface area contributed by atoms with Crippen molar-refractivity contribution in [3.05, 3.63) is 47.5 Å². The predicted octanol–water partition coefficient (Wildman–Crippen LogP) is 6.31. The Kier molecular flexibility index (Phi) is 10.9. The molecule has 2 aromatic carbocycles. The van der Waals surface area contributed by atoms with Gasteiger partial charge in [0.2, 0.25) is 0 Å². The van der Waals surface area contributed by atoms with Crippen molar-refractivity contribution in [2.75, 3.05) is 39.1 Å². The largest absolute Gasteiger partial charge is 0.493 e. The molecule has 0 aromatic heterocycles. The molecule has 0 aliphatic rings. The van der Waals surface area contributed by atoms with E-state index in [0.717, 1.165) is 59.3 Å². The number of ether oxygens (including phenoxy) is 4. The van der Waals surface area contributed by atoms with E-state index in [9.17, 15) is 0 Å². The Morgan fingerprint density at radius 1 is 0.667 bits per heavy atom. The van der Waals surface area contributed by atoms with Gasteiger partial charge in [0.05, 0.1) is 28.4 Å². The van der Waals surface area contributed by atoms with Gasteiger partial charge in [-0.1, -0.05) is 44.0 Å². The van der Waals surface area contributed by atoms with E-state index in [0.29, 0.717) is 11.8 Å². The van der Waals surface area contributed by atoms with E-state index in [4.69, 9.17) is 18.9 Å². The zero-order chi connectivity index (χ0) is 21.9. The summed E-state index contributed by atoms with van der Waals surface area (Å²) < 4.78 is 21.8. The minimum absolute atomic E-state index is 0.496. The predicted molar refractivity (Wildman–Crippen MR) is 130 cm³/mol. The molecule has 0 saturated carbocycles. The van der Waals surface area contributed by atoms with Crippen LogP contribution >= 0.6 is 31.9 Å². The van der Waals surface area contributed by atoms with Gasteiger partial charge < -0.3 is 18.9 Å². The number of alkyl halides is 2. The molecule has 2 atom stereocenters. The quantitative estimate of drug-likeness (QED) is 0.277. The van der Waals surface area contributed by atoms with Crippen molar-refractivity contribution in [1.29, 1.82) is 0 Å². The molecular weight excluding hydrogens is 512 g/mol. The molecular formula is C24H32Br2O4. The minimum Gasteiger partial charge on any atom is -0.493 e. The first-order chi connectivity index (χ1) is 14.6. The van der Waals surface area contributed by atoms with E-state index in [-0.39, 0.29) is 0 Å². The molecule has 0 saturated heterocycles. The van der Waals surface area contributed by atoms with Gasteiger partial charge >= 0.3 is 0 Å². The summed E-state index contributed by atoms with van der Waals surface area (Å²) in [6.45, 7) is 0. The van der Waals surface area contributed by atoms with Gasteiger partial charge in [-0.15, -0.1) is 0 Å². The van der Waals surface area contributed by atoms with Crippen LogP contribution in [0.4, 0.5) is 0 Å². The van der Waals surface area contributed by atoms with Gasteiger partial charge in [0.25, 0.3) is 0 Å². The van der Waals surface area contributed by atoms with Crippen molar-refractivity contribution < 1.29 is 18.9 Å². The van der Waals surface area contributed by atoms with Crippen LogP contribution in [0.5, 0.6) is 23.0 Å². The van der Waals surface area contributed by atoms with E-state index in [1.165, 1.54) is 11.1 Å². The lowest BCUT2D eigenvalue weighted by atomic mass is 9.81. The van der Waals surface area contributed by atoms with Crippen molar-refractivity contribution >= 4 is 31.9 Å². The third kappa shape index (κ3) is 6.81. The van der Waals surface area contributed by atoms with Crippen LogP contribution < -0.4 is 18.9 Å². The van der Waals surface area contributed by atoms with Gasteiger partial charge in [-0.3, -0.25) is 0 Å². The average Bonchev–Trinajstić information content (AvgIpc) is 2.79. The summed E-state index contributed by atoms with van der Waals surface area (Å²) in [7, 11) is 6.69. The molecule has 0 N–H and O–H groups in total. The summed E-state index contributed by atoms with van der Waals surface area (Å²) in [5, 5.41) is 1.96. The summed E-state index contributed by atoms with van der Waals surface area (Å²) >= 11 is 7.38. The Labute approximate surface area is 197 Å². The highest BCUT2D eigenvalue weighted by atomic mass is 79.9. The van der Waals surface area contributed by atoms with Crippen molar-refractivity contribution in [3.63, 3.8) is 0 Å². The monoisotopic (exact) mass is 542 g/mol. The smallest absolute Gasteiger partial charge is 0.160 e. The Bertz CT molecular complexity index is 782. The number of methoxy groups -OCH3 is 4.